The first-order valence-electron chi connectivity index (χ1n) is 18.1. The van der Waals surface area contributed by atoms with E-state index in [1.165, 1.54) is 0 Å². The standard InChI is InChI=1S/C45H30N4/c1-4-15-31(16-5-1)37-23-10-11-24-38(37)34-27-28-40-39-25-12-13-26-41(39)49(42(40)30-34)36-22-14-21-35(29-36)45-47-43(32-17-6-2-7-18-32)46-44(48-45)33-19-8-3-9-20-33/h1-30H/i12D,13D,25D,26D. The van der Waals surface area contributed by atoms with Crippen molar-refractivity contribution in [2.45, 2.75) is 0 Å². The van der Waals surface area contributed by atoms with Crippen LogP contribution in [0.4, 0.5) is 0 Å². The molecular formula is C45H30N4. The highest BCUT2D eigenvalue weighted by atomic mass is 15.0. The zero-order valence-corrected chi connectivity index (χ0v) is 26.3. The van der Waals surface area contributed by atoms with Gasteiger partial charge in [-0.1, -0.05) is 158 Å². The van der Waals surface area contributed by atoms with Crippen molar-refractivity contribution in [1.29, 1.82) is 0 Å². The summed E-state index contributed by atoms with van der Waals surface area (Å²) < 4.78 is 37.3. The second kappa shape index (κ2) is 12.2. The number of aromatic nitrogens is 4. The van der Waals surface area contributed by atoms with Crippen LogP contribution in [-0.2, 0) is 0 Å². The van der Waals surface area contributed by atoms with Crippen LogP contribution in [0.15, 0.2) is 182 Å². The third-order valence-electron chi connectivity index (χ3n) is 8.78. The number of rotatable bonds is 6. The van der Waals surface area contributed by atoms with Crippen molar-refractivity contribution in [3.63, 3.8) is 0 Å². The lowest BCUT2D eigenvalue weighted by Gasteiger charge is -2.13. The Balaban J connectivity index is 1.29. The summed E-state index contributed by atoms with van der Waals surface area (Å²) in [6.45, 7) is 0. The van der Waals surface area contributed by atoms with Gasteiger partial charge in [0.2, 0.25) is 0 Å². The molecule has 0 saturated carbocycles. The molecule has 0 spiro atoms. The molecule has 49 heavy (non-hydrogen) atoms. The molecule has 2 heterocycles. The van der Waals surface area contributed by atoms with Crippen LogP contribution in [0.2, 0.25) is 0 Å². The maximum Gasteiger partial charge on any atom is 0.164 e. The van der Waals surface area contributed by atoms with Crippen LogP contribution in [0.5, 0.6) is 0 Å². The molecule has 9 aromatic rings. The molecule has 7 aromatic carbocycles. The van der Waals surface area contributed by atoms with E-state index in [4.69, 9.17) is 20.4 Å². The Morgan fingerprint density at radius 3 is 1.57 bits per heavy atom. The molecule has 4 nitrogen and oxygen atoms in total. The first kappa shape index (κ1) is 24.5. The van der Waals surface area contributed by atoms with Crippen molar-refractivity contribution in [1.82, 2.24) is 19.5 Å². The molecule has 0 amide bonds. The predicted octanol–water partition coefficient (Wildman–Crippen LogP) is 11.3. The van der Waals surface area contributed by atoms with Crippen LogP contribution in [-0.4, -0.2) is 19.5 Å². The number of hydrogen-bond donors (Lipinski definition) is 0. The molecule has 2 aromatic heterocycles. The molecule has 0 aliphatic rings. The Kier molecular flexibility index (Phi) is 6.09. The Bertz CT molecular complexity index is 2760. The molecule has 0 atom stereocenters. The monoisotopic (exact) mass is 630 g/mol. The lowest BCUT2D eigenvalue weighted by Crippen LogP contribution is -2.01. The highest BCUT2D eigenvalue weighted by Crippen LogP contribution is 2.38. The number of hydrogen-bond acceptors (Lipinski definition) is 3. The topological polar surface area (TPSA) is 43.6 Å². The lowest BCUT2D eigenvalue weighted by molar-refractivity contribution is 1.07. The van der Waals surface area contributed by atoms with Gasteiger partial charge >= 0.3 is 0 Å². The van der Waals surface area contributed by atoms with Gasteiger partial charge in [-0.15, -0.1) is 0 Å². The zero-order chi connectivity index (χ0) is 36.1. The Hall–Kier alpha value is -6.65. The van der Waals surface area contributed by atoms with Gasteiger partial charge in [0.15, 0.2) is 17.5 Å². The van der Waals surface area contributed by atoms with E-state index in [0.717, 1.165) is 49.8 Å². The summed E-state index contributed by atoms with van der Waals surface area (Å²) in [7, 11) is 0. The Morgan fingerprint density at radius 2 is 0.918 bits per heavy atom. The summed E-state index contributed by atoms with van der Waals surface area (Å²) in [4.78, 5) is 14.7. The summed E-state index contributed by atoms with van der Waals surface area (Å²) in [5.41, 5.74) is 8.53. The summed E-state index contributed by atoms with van der Waals surface area (Å²) in [5, 5.41) is 1.20. The number of nitrogens with zero attached hydrogens (tertiary/aromatic N) is 4. The van der Waals surface area contributed by atoms with E-state index >= 15 is 0 Å². The van der Waals surface area contributed by atoms with Crippen LogP contribution in [0.1, 0.15) is 5.48 Å². The van der Waals surface area contributed by atoms with Gasteiger partial charge in [-0.25, -0.2) is 15.0 Å². The molecule has 0 radical (unpaired) electrons. The molecule has 0 N–H and O–H groups in total. The van der Waals surface area contributed by atoms with Crippen molar-refractivity contribution in [3.05, 3.63) is 182 Å². The second-order valence-electron chi connectivity index (χ2n) is 11.8. The van der Waals surface area contributed by atoms with Crippen LogP contribution in [0.25, 0.3) is 83.9 Å². The molecule has 0 bridgehead atoms. The molecule has 0 fully saturated rings. The summed E-state index contributed by atoms with van der Waals surface area (Å²) in [6, 6.07) is 51.3. The minimum atomic E-state index is -0.283. The van der Waals surface area contributed by atoms with Gasteiger partial charge in [0.05, 0.1) is 16.5 Å². The first-order chi connectivity index (χ1) is 26.0. The van der Waals surface area contributed by atoms with Crippen molar-refractivity contribution in [3.8, 4) is 62.1 Å². The van der Waals surface area contributed by atoms with Crippen LogP contribution in [0.3, 0.4) is 0 Å². The molecule has 0 aliphatic heterocycles. The quantitative estimate of drug-likeness (QED) is 0.184. The van der Waals surface area contributed by atoms with E-state index in [1.807, 2.05) is 132 Å². The van der Waals surface area contributed by atoms with E-state index < -0.39 is 0 Å². The average Bonchev–Trinajstić information content (AvgIpc) is 3.58. The van der Waals surface area contributed by atoms with Crippen LogP contribution >= 0.6 is 0 Å². The Morgan fingerprint density at radius 1 is 0.388 bits per heavy atom. The maximum atomic E-state index is 9.13. The fourth-order valence-corrected chi connectivity index (χ4v) is 6.48. The fraction of sp³-hybridized carbons (Fsp3) is 0. The van der Waals surface area contributed by atoms with Gasteiger partial charge in [-0.05, 0) is 46.5 Å². The Labute approximate surface area is 290 Å². The first-order valence-corrected chi connectivity index (χ1v) is 16.1. The summed E-state index contributed by atoms with van der Waals surface area (Å²) in [6.07, 6.45) is 0. The molecule has 0 unspecified atom stereocenters. The van der Waals surface area contributed by atoms with Gasteiger partial charge < -0.3 is 4.57 Å². The second-order valence-corrected chi connectivity index (χ2v) is 11.8. The molecule has 0 aliphatic carbocycles. The molecule has 0 saturated heterocycles. The molecule has 4 heteroatoms. The van der Waals surface area contributed by atoms with Crippen molar-refractivity contribution in [2.24, 2.45) is 0 Å². The van der Waals surface area contributed by atoms with E-state index in [2.05, 4.69) is 30.3 Å². The van der Waals surface area contributed by atoms with Crippen LogP contribution < -0.4 is 0 Å². The minimum absolute atomic E-state index is 0.0733. The number of para-hydroxylation sites is 1. The van der Waals surface area contributed by atoms with Gasteiger partial charge in [-0.2, -0.15) is 0 Å². The number of fused-ring (bicyclic) bond motifs is 3. The van der Waals surface area contributed by atoms with Gasteiger partial charge in [0, 0.05) is 33.2 Å². The lowest BCUT2D eigenvalue weighted by atomic mass is 9.94. The highest BCUT2D eigenvalue weighted by molar-refractivity contribution is 6.10. The summed E-state index contributed by atoms with van der Waals surface area (Å²) >= 11 is 0. The highest BCUT2D eigenvalue weighted by Gasteiger charge is 2.17. The summed E-state index contributed by atoms with van der Waals surface area (Å²) in [5.74, 6) is 1.58. The largest absolute Gasteiger partial charge is 0.309 e. The SMILES string of the molecule is [2H]c1c([2H])c([2H])c2c(c1[2H])c1ccc(-c3ccccc3-c3ccccc3)cc1n2-c1cccc(-c2nc(-c3ccccc3)nc(-c3ccccc3)n2)c1. The zero-order valence-electron chi connectivity index (χ0n) is 30.3. The normalized spacial score (nSPS) is 12.4. The van der Waals surface area contributed by atoms with Gasteiger partial charge in [0.1, 0.15) is 0 Å². The minimum Gasteiger partial charge on any atom is -0.309 e. The average molecular weight is 631 g/mol. The maximum absolute atomic E-state index is 9.13. The van der Waals surface area contributed by atoms with Gasteiger partial charge in [0.25, 0.3) is 0 Å². The van der Waals surface area contributed by atoms with E-state index in [0.29, 0.717) is 34.1 Å². The van der Waals surface area contributed by atoms with E-state index in [1.54, 1.807) is 0 Å². The number of benzene rings is 7. The van der Waals surface area contributed by atoms with Gasteiger partial charge in [-0.3, -0.25) is 0 Å². The molecule has 9 rings (SSSR count). The fourth-order valence-electron chi connectivity index (χ4n) is 6.48. The molecular weight excluding hydrogens is 597 g/mol. The predicted molar refractivity (Wildman–Crippen MR) is 201 cm³/mol. The van der Waals surface area contributed by atoms with Crippen molar-refractivity contribution in [2.75, 3.05) is 0 Å². The smallest absolute Gasteiger partial charge is 0.164 e. The third-order valence-corrected chi connectivity index (χ3v) is 8.78. The third kappa shape index (κ3) is 5.26. The van der Waals surface area contributed by atoms with Crippen LogP contribution in [0, 0.1) is 0 Å². The molecule has 230 valence electrons. The van der Waals surface area contributed by atoms with Crippen molar-refractivity contribution < 1.29 is 5.48 Å². The van der Waals surface area contributed by atoms with E-state index in [9.17, 15) is 0 Å². The van der Waals surface area contributed by atoms with Crippen molar-refractivity contribution >= 4 is 21.8 Å². The van der Waals surface area contributed by atoms with E-state index in [-0.39, 0.29) is 24.2 Å².